The van der Waals surface area contributed by atoms with Gasteiger partial charge in [-0.25, -0.2) is 0 Å². The van der Waals surface area contributed by atoms with Crippen molar-refractivity contribution in [2.24, 2.45) is 0 Å². The van der Waals surface area contributed by atoms with E-state index >= 15 is 0 Å². The summed E-state index contributed by atoms with van der Waals surface area (Å²) in [6.07, 6.45) is 1.70. The van der Waals surface area contributed by atoms with Crippen molar-refractivity contribution in [1.82, 2.24) is 5.32 Å². The van der Waals surface area contributed by atoms with Crippen molar-refractivity contribution in [1.29, 1.82) is 0 Å². The van der Waals surface area contributed by atoms with E-state index in [4.69, 9.17) is 9.15 Å². The molecule has 0 amide bonds. The van der Waals surface area contributed by atoms with Gasteiger partial charge in [-0.2, -0.15) is 0 Å². The number of ether oxygens (including phenoxy) is 1. The minimum atomic E-state index is 0.214. The number of hydrogen-bond acceptors (Lipinski definition) is 3. The van der Waals surface area contributed by atoms with Crippen molar-refractivity contribution in [2.45, 2.75) is 26.1 Å². The van der Waals surface area contributed by atoms with E-state index in [1.165, 1.54) is 11.1 Å². The monoisotopic (exact) mass is 245 g/mol. The molecule has 2 rings (SSSR count). The molecule has 3 nitrogen and oxygen atoms in total. The first-order valence-electron chi connectivity index (χ1n) is 6.13. The molecule has 0 aliphatic rings. The van der Waals surface area contributed by atoms with Crippen LogP contribution in [0.15, 0.2) is 47.1 Å². The zero-order valence-corrected chi connectivity index (χ0v) is 10.8. The lowest BCUT2D eigenvalue weighted by Gasteiger charge is -2.12. The molecule has 0 bridgehead atoms. The molecule has 0 saturated heterocycles. The maximum absolute atomic E-state index is 5.36. The Kier molecular flexibility index (Phi) is 4.56. The fraction of sp³-hybridized carbons (Fsp3) is 0.333. The number of benzene rings is 1. The predicted molar refractivity (Wildman–Crippen MR) is 71.1 cm³/mol. The van der Waals surface area contributed by atoms with E-state index in [9.17, 15) is 0 Å². The van der Waals surface area contributed by atoms with Gasteiger partial charge in [0.25, 0.3) is 0 Å². The molecule has 1 aromatic heterocycles. The fourth-order valence-corrected chi connectivity index (χ4v) is 1.91. The highest BCUT2D eigenvalue weighted by Crippen LogP contribution is 2.13. The van der Waals surface area contributed by atoms with Crippen LogP contribution < -0.4 is 5.32 Å². The molecule has 1 heterocycles. The van der Waals surface area contributed by atoms with Gasteiger partial charge in [0.2, 0.25) is 0 Å². The third-order valence-electron chi connectivity index (χ3n) is 2.88. The van der Waals surface area contributed by atoms with E-state index in [2.05, 4.69) is 36.5 Å². The maximum Gasteiger partial charge on any atom is 0.120 e. The molecule has 0 fully saturated rings. The average molecular weight is 245 g/mol. The fourth-order valence-electron chi connectivity index (χ4n) is 1.91. The highest BCUT2D eigenvalue weighted by molar-refractivity contribution is 5.23. The predicted octanol–water partition coefficient (Wildman–Crippen LogP) is 3.28. The van der Waals surface area contributed by atoms with Gasteiger partial charge in [-0.05, 0) is 30.2 Å². The largest absolute Gasteiger partial charge is 0.468 e. The van der Waals surface area contributed by atoms with Crippen molar-refractivity contribution in [3.8, 4) is 0 Å². The van der Waals surface area contributed by atoms with Gasteiger partial charge in [0.1, 0.15) is 5.76 Å². The number of furan rings is 1. The lowest BCUT2D eigenvalue weighted by molar-refractivity contribution is 0.185. The van der Waals surface area contributed by atoms with E-state index in [0.717, 1.165) is 12.3 Å². The zero-order valence-electron chi connectivity index (χ0n) is 10.8. The summed E-state index contributed by atoms with van der Waals surface area (Å²) in [7, 11) is 1.71. The van der Waals surface area contributed by atoms with Gasteiger partial charge < -0.3 is 14.5 Å². The van der Waals surface area contributed by atoms with Crippen LogP contribution in [0, 0.1) is 0 Å². The van der Waals surface area contributed by atoms with Gasteiger partial charge in [-0.15, -0.1) is 0 Å². The van der Waals surface area contributed by atoms with Gasteiger partial charge >= 0.3 is 0 Å². The van der Waals surface area contributed by atoms with Gasteiger partial charge in [-0.3, -0.25) is 0 Å². The second-order valence-electron chi connectivity index (χ2n) is 4.37. The van der Waals surface area contributed by atoms with Gasteiger partial charge in [-0.1, -0.05) is 24.3 Å². The Balaban J connectivity index is 1.91. The Hall–Kier alpha value is -1.58. The molecule has 1 N–H and O–H groups in total. The quantitative estimate of drug-likeness (QED) is 0.848. The topological polar surface area (TPSA) is 34.4 Å². The first-order valence-corrected chi connectivity index (χ1v) is 6.13. The van der Waals surface area contributed by atoms with Crippen molar-refractivity contribution in [2.75, 3.05) is 7.11 Å². The van der Waals surface area contributed by atoms with Crippen molar-refractivity contribution in [3.05, 3.63) is 59.5 Å². The summed E-state index contributed by atoms with van der Waals surface area (Å²) in [5, 5.41) is 3.44. The zero-order chi connectivity index (χ0) is 12.8. The summed E-state index contributed by atoms with van der Waals surface area (Å²) in [5.41, 5.74) is 2.45. The number of nitrogens with one attached hydrogen (secondary N) is 1. The van der Waals surface area contributed by atoms with E-state index in [0.29, 0.717) is 6.61 Å². The summed E-state index contributed by atoms with van der Waals surface area (Å²) in [6, 6.07) is 12.5. The molecule has 96 valence electrons. The van der Waals surface area contributed by atoms with E-state index < -0.39 is 0 Å². The van der Waals surface area contributed by atoms with E-state index in [1.54, 1.807) is 13.4 Å². The minimum Gasteiger partial charge on any atom is -0.468 e. The standard InChI is InChI=1S/C15H19NO2/c1-12(15-7-4-8-18-15)16-10-13-5-3-6-14(9-13)11-17-2/h3-9,12,16H,10-11H2,1-2H3/t12-/m0/s1. The smallest absolute Gasteiger partial charge is 0.120 e. The normalized spacial score (nSPS) is 12.6. The Morgan fingerprint density at radius 1 is 1.22 bits per heavy atom. The molecule has 1 aromatic carbocycles. The Morgan fingerprint density at radius 3 is 2.78 bits per heavy atom. The molecule has 2 aromatic rings. The van der Waals surface area contributed by atoms with Crippen LogP contribution in [0.5, 0.6) is 0 Å². The van der Waals surface area contributed by atoms with Crippen LogP contribution in [0.2, 0.25) is 0 Å². The minimum absolute atomic E-state index is 0.214. The van der Waals surface area contributed by atoms with Crippen LogP contribution in [0.25, 0.3) is 0 Å². The lowest BCUT2D eigenvalue weighted by Crippen LogP contribution is -2.17. The molecule has 0 saturated carbocycles. The SMILES string of the molecule is COCc1cccc(CN[C@@H](C)c2ccco2)c1. The summed E-state index contributed by atoms with van der Waals surface area (Å²) in [5.74, 6) is 0.961. The second kappa shape index (κ2) is 6.38. The molecule has 1 atom stereocenters. The van der Waals surface area contributed by atoms with Crippen LogP contribution >= 0.6 is 0 Å². The van der Waals surface area contributed by atoms with Gasteiger partial charge in [0, 0.05) is 13.7 Å². The van der Waals surface area contributed by atoms with E-state index in [1.807, 2.05) is 12.1 Å². The first-order chi connectivity index (χ1) is 8.79. The summed E-state index contributed by atoms with van der Waals surface area (Å²) in [6.45, 7) is 3.57. The summed E-state index contributed by atoms with van der Waals surface area (Å²) >= 11 is 0. The number of rotatable bonds is 6. The molecule has 0 unspecified atom stereocenters. The molecule has 0 aliphatic heterocycles. The van der Waals surface area contributed by atoms with Crippen molar-refractivity contribution >= 4 is 0 Å². The third-order valence-corrected chi connectivity index (χ3v) is 2.88. The van der Waals surface area contributed by atoms with Crippen LogP contribution in [-0.2, 0) is 17.9 Å². The van der Waals surface area contributed by atoms with Crippen LogP contribution in [0.1, 0.15) is 29.9 Å². The highest BCUT2D eigenvalue weighted by atomic mass is 16.5. The number of hydrogen-bond donors (Lipinski definition) is 1. The van der Waals surface area contributed by atoms with Gasteiger partial charge in [0.05, 0.1) is 18.9 Å². The Bertz CT molecular complexity index is 465. The van der Waals surface area contributed by atoms with Crippen molar-refractivity contribution in [3.63, 3.8) is 0 Å². The summed E-state index contributed by atoms with van der Waals surface area (Å²) in [4.78, 5) is 0. The third kappa shape index (κ3) is 3.45. The molecular formula is C15H19NO2. The van der Waals surface area contributed by atoms with Crippen LogP contribution in [0.4, 0.5) is 0 Å². The number of methoxy groups -OCH3 is 1. The van der Waals surface area contributed by atoms with Crippen LogP contribution in [0.3, 0.4) is 0 Å². The van der Waals surface area contributed by atoms with Crippen LogP contribution in [-0.4, -0.2) is 7.11 Å². The lowest BCUT2D eigenvalue weighted by atomic mass is 10.1. The summed E-state index contributed by atoms with van der Waals surface area (Å²) < 4.78 is 10.5. The maximum atomic E-state index is 5.36. The highest BCUT2D eigenvalue weighted by Gasteiger charge is 2.07. The Morgan fingerprint density at radius 2 is 2.06 bits per heavy atom. The molecule has 0 radical (unpaired) electrons. The molecule has 18 heavy (non-hydrogen) atoms. The molecule has 0 aliphatic carbocycles. The first kappa shape index (κ1) is 12.9. The van der Waals surface area contributed by atoms with Gasteiger partial charge in [0.15, 0.2) is 0 Å². The molecule has 0 spiro atoms. The molecular weight excluding hydrogens is 226 g/mol. The Labute approximate surface area is 108 Å². The molecule has 3 heteroatoms. The average Bonchev–Trinajstić information content (AvgIpc) is 2.91. The van der Waals surface area contributed by atoms with Crippen molar-refractivity contribution < 1.29 is 9.15 Å². The van der Waals surface area contributed by atoms with E-state index in [-0.39, 0.29) is 6.04 Å². The second-order valence-corrected chi connectivity index (χ2v) is 4.37.